The van der Waals surface area contributed by atoms with Crippen molar-refractivity contribution >= 4 is 32.9 Å². The summed E-state index contributed by atoms with van der Waals surface area (Å²) in [5.41, 5.74) is 2.36. The minimum Gasteiger partial charge on any atom is -0.497 e. The fraction of sp³-hybridized carbons (Fsp3) is 0.346. The van der Waals surface area contributed by atoms with E-state index in [4.69, 9.17) is 9.47 Å². The number of anilines is 1. The molecular weight excluding hydrogens is 536 g/mol. The molecule has 2 aromatic heterocycles. The molecule has 2 aliphatic heterocycles. The Balaban J connectivity index is 1.14. The Morgan fingerprint density at radius 3 is 2.42 bits per heavy atom. The van der Waals surface area contributed by atoms with Gasteiger partial charge < -0.3 is 19.3 Å². The number of hydrogen-bond acceptors (Lipinski definition) is 10. The number of ether oxygens (including phenoxy) is 2. The third kappa shape index (κ3) is 4.85. The molecule has 208 valence electrons. The molecule has 2 aliphatic rings. The molecule has 0 bridgehead atoms. The lowest BCUT2D eigenvalue weighted by molar-refractivity contribution is 0.0730. The van der Waals surface area contributed by atoms with Gasteiger partial charge in [-0.2, -0.15) is 8.99 Å². The first-order valence-corrected chi connectivity index (χ1v) is 14.3. The van der Waals surface area contributed by atoms with Gasteiger partial charge in [0.1, 0.15) is 12.1 Å². The van der Waals surface area contributed by atoms with Crippen LogP contribution >= 0.6 is 0 Å². The zero-order valence-electron chi connectivity index (χ0n) is 21.9. The zero-order chi connectivity index (χ0) is 27.7. The van der Waals surface area contributed by atoms with Crippen molar-refractivity contribution in [1.82, 2.24) is 34.2 Å². The summed E-state index contributed by atoms with van der Waals surface area (Å²) in [6.07, 6.45) is 1.49. The molecule has 13 nitrogen and oxygen atoms in total. The molecule has 4 heterocycles. The number of sulfonamides is 1. The normalized spacial score (nSPS) is 16.8. The van der Waals surface area contributed by atoms with Crippen LogP contribution in [0.3, 0.4) is 0 Å². The molecule has 40 heavy (non-hydrogen) atoms. The maximum absolute atomic E-state index is 13.2. The van der Waals surface area contributed by atoms with Crippen molar-refractivity contribution in [2.24, 2.45) is 0 Å². The van der Waals surface area contributed by atoms with E-state index in [2.05, 4.69) is 25.2 Å². The van der Waals surface area contributed by atoms with E-state index in [1.165, 1.54) is 22.8 Å². The lowest BCUT2D eigenvalue weighted by Gasteiger charge is -2.35. The fourth-order valence-electron chi connectivity index (χ4n) is 4.89. The highest BCUT2D eigenvalue weighted by Gasteiger charge is 2.28. The van der Waals surface area contributed by atoms with Crippen LogP contribution in [0.2, 0.25) is 0 Å². The van der Waals surface area contributed by atoms with Gasteiger partial charge in [0.2, 0.25) is 10.0 Å². The van der Waals surface area contributed by atoms with E-state index in [1.54, 1.807) is 28.8 Å². The van der Waals surface area contributed by atoms with E-state index in [-0.39, 0.29) is 10.8 Å². The fourth-order valence-corrected chi connectivity index (χ4v) is 6.30. The zero-order valence-corrected chi connectivity index (χ0v) is 22.7. The van der Waals surface area contributed by atoms with Gasteiger partial charge in [0.25, 0.3) is 5.91 Å². The second kappa shape index (κ2) is 10.8. The Kier molecular flexibility index (Phi) is 7.04. The molecule has 4 aromatic rings. The monoisotopic (exact) mass is 564 g/mol. The average molecular weight is 565 g/mol. The largest absolute Gasteiger partial charge is 0.497 e. The maximum Gasteiger partial charge on any atom is 0.253 e. The van der Waals surface area contributed by atoms with Crippen LogP contribution < -0.4 is 9.64 Å². The van der Waals surface area contributed by atoms with Crippen LogP contribution in [0.15, 0.2) is 59.8 Å². The van der Waals surface area contributed by atoms with Crippen molar-refractivity contribution in [3.05, 3.63) is 60.4 Å². The predicted molar refractivity (Wildman–Crippen MR) is 145 cm³/mol. The number of aromatic nitrogens is 5. The molecule has 0 aliphatic carbocycles. The van der Waals surface area contributed by atoms with Gasteiger partial charge in [-0.3, -0.25) is 4.79 Å². The summed E-state index contributed by atoms with van der Waals surface area (Å²) in [4.78, 5) is 26.1. The number of morpholine rings is 1. The Morgan fingerprint density at radius 2 is 1.70 bits per heavy atom. The van der Waals surface area contributed by atoms with Gasteiger partial charge in [0.05, 0.1) is 30.9 Å². The third-order valence-electron chi connectivity index (χ3n) is 7.09. The van der Waals surface area contributed by atoms with Gasteiger partial charge in [0, 0.05) is 50.9 Å². The van der Waals surface area contributed by atoms with Gasteiger partial charge in [-0.1, -0.05) is 11.3 Å². The van der Waals surface area contributed by atoms with Crippen LogP contribution in [-0.4, -0.2) is 108 Å². The molecule has 0 N–H and O–H groups in total. The second-order valence-corrected chi connectivity index (χ2v) is 11.3. The highest BCUT2D eigenvalue weighted by Crippen LogP contribution is 2.25. The average Bonchev–Trinajstić information content (AvgIpc) is 3.46. The van der Waals surface area contributed by atoms with E-state index in [1.807, 2.05) is 24.3 Å². The van der Waals surface area contributed by atoms with E-state index in [0.717, 1.165) is 5.69 Å². The molecule has 14 heteroatoms. The van der Waals surface area contributed by atoms with Crippen LogP contribution in [-0.2, 0) is 14.8 Å². The highest BCUT2D eigenvalue weighted by atomic mass is 32.2. The molecule has 2 fully saturated rings. The van der Waals surface area contributed by atoms with Crippen molar-refractivity contribution in [1.29, 1.82) is 0 Å². The Labute approximate surface area is 231 Å². The summed E-state index contributed by atoms with van der Waals surface area (Å²) in [7, 11) is -2.01. The number of carbonyl (C=O) groups excluding carboxylic acids is 1. The van der Waals surface area contributed by atoms with E-state index in [9.17, 15) is 13.2 Å². The summed E-state index contributed by atoms with van der Waals surface area (Å²) in [5, 5.41) is 8.65. The molecule has 2 aromatic carbocycles. The number of amides is 1. The molecule has 0 radical (unpaired) electrons. The molecule has 1 amide bonds. The van der Waals surface area contributed by atoms with Crippen molar-refractivity contribution in [3.63, 3.8) is 0 Å². The summed E-state index contributed by atoms with van der Waals surface area (Å²) in [6.45, 7) is 3.45. The molecular formula is C26H28N8O5S. The van der Waals surface area contributed by atoms with Crippen molar-refractivity contribution in [3.8, 4) is 11.4 Å². The predicted octanol–water partition coefficient (Wildman–Crippen LogP) is 1.20. The number of fused-ring (bicyclic) bond motifs is 1. The first-order valence-electron chi connectivity index (χ1n) is 12.9. The van der Waals surface area contributed by atoms with Gasteiger partial charge in [0.15, 0.2) is 17.0 Å². The maximum atomic E-state index is 13.2. The molecule has 0 unspecified atom stereocenters. The van der Waals surface area contributed by atoms with Gasteiger partial charge in [-0.15, -0.1) is 5.10 Å². The molecule has 0 saturated carbocycles. The molecule has 0 atom stereocenters. The van der Waals surface area contributed by atoms with Crippen molar-refractivity contribution in [2.75, 3.05) is 64.5 Å². The lowest BCUT2D eigenvalue weighted by Crippen LogP contribution is -2.49. The number of methoxy groups -OCH3 is 1. The van der Waals surface area contributed by atoms with Gasteiger partial charge >= 0.3 is 0 Å². The minimum atomic E-state index is -3.61. The highest BCUT2D eigenvalue weighted by molar-refractivity contribution is 7.89. The van der Waals surface area contributed by atoms with Gasteiger partial charge in [-0.05, 0) is 36.4 Å². The number of nitrogens with zero attached hydrogens (tertiary/aromatic N) is 8. The Morgan fingerprint density at radius 1 is 0.950 bits per heavy atom. The second-order valence-electron chi connectivity index (χ2n) is 9.39. The first-order chi connectivity index (χ1) is 19.5. The Bertz CT molecular complexity index is 1630. The Hall–Kier alpha value is -4.14. The van der Waals surface area contributed by atoms with Gasteiger partial charge in [-0.25, -0.2) is 18.4 Å². The quantitative estimate of drug-likeness (QED) is 0.336. The van der Waals surface area contributed by atoms with Crippen LogP contribution in [0.1, 0.15) is 10.4 Å². The molecule has 0 spiro atoms. The smallest absolute Gasteiger partial charge is 0.253 e. The third-order valence-corrected chi connectivity index (χ3v) is 9.00. The number of benzene rings is 2. The number of rotatable bonds is 6. The number of hydrogen-bond donors (Lipinski definition) is 0. The van der Waals surface area contributed by atoms with E-state index in [0.29, 0.717) is 80.8 Å². The summed E-state index contributed by atoms with van der Waals surface area (Å²) in [6, 6.07) is 13.6. The van der Waals surface area contributed by atoms with Crippen molar-refractivity contribution in [2.45, 2.75) is 4.90 Å². The lowest BCUT2D eigenvalue weighted by atomic mass is 10.2. The standard InChI is InChI=1S/C26H28N8O5S/c1-38-21-4-2-3-20(17-21)34-25-23(29-30-34)24(27-18-28-25)31-9-11-32(12-10-31)26(35)19-5-7-22(8-6-19)40(36,37)33-13-15-39-16-14-33/h2-8,17-18H,9-16H2,1H3. The number of carbonyl (C=O) groups is 1. The first kappa shape index (κ1) is 26.1. The summed E-state index contributed by atoms with van der Waals surface area (Å²) < 4.78 is 39.4. The van der Waals surface area contributed by atoms with Crippen LogP contribution in [0.5, 0.6) is 5.75 Å². The SMILES string of the molecule is COc1cccc(-n2nnc3c(N4CCN(C(=O)c5ccc(S(=O)(=O)N6CCOCC6)cc5)CC4)ncnc32)c1. The summed E-state index contributed by atoms with van der Waals surface area (Å²) in [5.74, 6) is 1.21. The van der Waals surface area contributed by atoms with Crippen molar-refractivity contribution < 1.29 is 22.7 Å². The number of piperazine rings is 1. The molecule has 6 rings (SSSR count). The van der Waals surface area contributed by atoms with Crippen LogP contribution in [0.25, 0.3) is 16.9 Å². The minimum absolute atomic E-state index is 0.147. The molecule has 2 saturated heterocycles. The topological polar surface area (TPSA) is 136 Å². The van der Waals surface area contributed by atoms with E-state index < -0.39 is 10.0 Å². The summed E-state index contributed by atoms with van der Waals surface area (Å²) >= 11 is 0. The van der Waals surface area contributed by atoms with Crippen LogP contribution in [0, 0.1) is 0 Å². The van der Waals surface area contributed by atoms with E-state index >= 15 is 0 Å². The van der Waals surface area contributed by atoms with Crippen LogP contribution in [0.4, 0.5) is 5.82 Å².